The van der Waals surface area contributed by atoms with Crippen molar-refractivity contribution in [2.75, 3.05) is 17.2 Å². The van der Waals surface area contributed by atoms with Crippen LogP contribution in [-0.2, 0) is 9.84 Å². The Labute approximate surface area is 126 Å². The Morgan fingerprint density at radius 1 is 1.35 bits per heavy atom. The molecule has 0 fully saturated rings. The molecule has 0 radical (unpaired) electrons. The summed E-state index contributed by atoms with van der Waals surface area (Å²) >= 11 is 2.82. The van der Waals surface area contributed by atoms with E-state index >= 15 is 0 Å². The van der Waals surface area contributed by atoms with Crippen LogP contribution in [0.5, 0.6) is 0 Å². The minimum atomic E-state index is -3.11. The van der Waals surface area contributed by atoms with Gasteiger partial charge in [0.15, 0.2) is 15.0 Å². The number of fused-ring (bicyclic) bond motifs is 1. The Morgan fingerprint density at radius 2 is 2.05 bits per heavy atom. The summed E-state index contributed by atoms with van der Waals surface area (Å²) in [7, 11) is -3.11. The van der Waals surface area contributed by atoms with Gasteiger partial charge in [0, 0.05) is 5.75 Å². The van der Waals surface area contributed by atoms with Crippen LogP contribution in [-0.4, -0.2) is 34.6 Å². The van der Waals surface area contributed by atoms with E-state index in [1.807, 2.05) is 11.4 Å². The van der Waals surface area contributed by atoms with Crippen LogP contribution in [0.15, 0.2) is 16.6 Å². The summed E-state index contributed by atoms with van der Waals surface area (Å²) in [5.41, 5.74) is 5.85. The summed E-state index contributed by atoms with van der Waals surface area (Å²) in [4.78, 5) is 9.40. The number of nitrogens with two attached hydrogens (primary N) is 1. The molecule has 5 nitrogen and oxygen atoms in total. The zero-order valence-corrected chi connectivity index (χ0v) is 14.0. The van der Waals surface area contributed by atoms with E-state index in [0.717, 1.165) is 10.2 Å². The average Bonchev–Trinajstić information content (AvgIpc) is 2.75. The van der Waals surface area contributed by atoms with Crippen LogP contribution >= 0.6 is 23.1 Å². The fourth-order valence-electron chi connectivity index (χ4n) is 1.47. The van der Waals surface area contributed by atoms with Crippen LogP contribution in [0.3, 0.4) is 0 Å². The normalized spacial score (nSPS) is 12.9. The summed E-state index contributed by atoms with van der Waals surface area (Å²) in [6.07, 6.45) is 0. The molecule has 0 spiro atoms. The van der Waals surface area contributed by atoms with E-state index in [1.165, 1.54) is 23.1 Å². The van der Waals surface area contributed by atoms with Crippen molar-refractivity contribution in [1.82, 2.24) is 9.97 Å². The Balaban J connectivity index is 2.07. The van der Waals surface area contributed by atoms with E-state index in [1.54, 1.807) is 20.8 Å². The first-order valence-electron chi connectivity index (χ1n) is 6.06. The van der Waals surface area contributed by atoms with Crippen molar-refractivity contribution in [2.45, 2.75) is 30.7 Å². The first kappa shape index (κ1) is 15.5. The largest absolute Gasteiger partial charge is 0.383 e. The third-order valence-corrected chi connectivity index (χ3v) is 7.37. The van der Waals surface area contributed by atoms with Crippen molar-refractivity contribution in [2.24, 2.45) is 0 Å². The minimum Gasteiger partial charge on any atom is -0.383 e. The lowest BCUT2D eigenvalue weighted by Crippen LogP contribution is -2.31. The molecule has 2 aromatic rings. The van der Waals surface area contributed by atoms with Crippen molar-refractivity contribution >= 4 is 49.0 Å². The molecule has 0 aliphatic heterocycles. The lowest BCUT2D eigenvalue weighted by molar-refractivity contribution is 0.562. The molecule has 0 unspecified atom stereocenters. The molecule has 0 aliphatic rings. The number of hydrogen-bond acceptors (Lipinski definition) is 7. The van der Waals surface area contributed by atoms with E-state index < -0.39 is 14.6 Å². The average molecular weight is 331 g/mol. The predicted octanol–water partition coefficient (Wildman–Crippen LogP) is 2.58. The van der Waals surface area contributed by atoms with Crippen LogP contribution in [0.25, 0.3) is 10.2 Å². The van der Waals surface area contributed by atoms with Crippen LogP contribution in [0.2, 0.25) is 0 Å². The molecule has 2 heterocycles. The van der Waals surface area contributed by atoms with Gasteiger partial charge in [0.25, 0.3) is 0 Å². The highest BCUT2D eigenvalue weighted by Crippen LogP contribution is 2.26. The van der Waals surface area contributed by atoms with Gasteiger partial charge in [-0.25, -0.2) is 18.4 Å². The van der Waals surface area contributed by atoms with E-state index in [4.69, 9.17) is 5.73 Å². The first-order chi connectivity index (χ1) is 9.21. The number of sulfone groups is 1. The summed E-state index contributed by atoms with van der Waals surface area (Å²) < 4.78 is 23.3. The summed E-state index contributed by atoms with van der Waals surface area (Å²) in [5, 5.41) is 3.29. The number of aromatic nitrogens is 2. The molecular weight excluding hydrogens is 314 g/mol. The molecule has 0 aliphatic carbocycles. The number of rotatable bonds is 4. The smallest absolute Gasteiger partial charge is 0.190 e. The van der Waals surface area contributed by atoms with Gasteiger partial charge in [0.05, 0.1) is 15.9 Å². The van der Waals surface area contributed by atoms with E-state index in [-0.39, 0.29) is 5.75 Å². The zero-order valence-electron chi connectivity index (χ0n) is 11.6. The van der Waals surface area contributed by atoms with Crippen molar-refractivity contribution in [3.05, 3.63) is 11.4 Å². The number of nitrogen functional groups attached to an aromatic ring is 1. The molecule has 0 amide bonds. The van der Waals surface area contributed by atoms with Gasteiger partial charge in [-0.05, 0) is 32.2 Å². The first-order valence-corrected chi connectivity index (χ1v) is 9.58. The van der Waals surface area contributed by atoms with Crippen LogP contribution in [0.4, 0.5) is 5.82 Å². The second-order valence-electron chi connectivity index (χ2n) is 5.31. The molecule has 0 aromatic carbocycles. The van der Waals surface area contributed by atoms with Crippen molar-refractivity contribution in [3.63, 3.8) is 0 Å². The predicted molar refractivity (Wildman–Crippen MR) is 86.1 cm³/mol. The molecule has 0 atom stereocenters. The fraction of sp³-hybridized carbons (Fsp3) is 0.500. The van der Waals surface area contributed by atoms with Crippen LogP contribution in [0, 0.1) is 0 Å². The monoisotopic (exact) mass is 331 g/mol. The van der Waals surface area contributed by atoms with Crippen molar-refractivity contribution < 1.29 is 8.42 Å². The summed E-state index contributed by atoms with van der Waals surface area (Å²) in [6, 6.07) is 1.88. The Morgan fingerprint density at radius 3 is 2.70 bits per heavy atom. The van der Waals surface area contributed by atoms with E-state index in [2.05, 4.69) is 9.97 Å². The third-order valence-electron chi connectivity index (χ3n) is 2.85. The number of nitrogens with zero attached hydrogens (tertiary/aromatic N) is 2. The van der Waals surface area contributed by atoms with Gasteiger partial charge in [0.2, 0.25) is 0 Å². The highest BCUT2D eigenvalue weighted by atomic mass is 32.2. The van der Waals surface area contributed by atoms with Crippen molar-refractivity contribution in [1.29, 1.82) is 0 Å². The number of thioether (sulfide) groups is 1. The highest BCUT2D eigenvalue weighted by Gasteiger charge is 2.28. The standard InChI is InChI=1S/C12H17N3O2S3/c1-12(2,3)20(16,17)7-6-19-11-14-9(13)8-4-5-18-10(8)15-11/h4-5H,6-7H2,1-3H3,(H2,13,14,15). The number of thiophene rings is 1. The zero-order chi connectivity index (χ0) is 15.0. The van der Waals surface area contributed by atoms with Gasteiger partial charge >= 0.3 is 0 Å². The SMILES string of the molecule is CC(C)(C)S(=O)(=O)CCSc1nc(N)c2ccsc2n1. The molecule has 0 saturated carbocycles. The maximum atomic E-state index is 12.0. The Kier molecular flexibility index (Phi) is 4.27. The molecule has 2 aromatic heterocycles. The summed E-state index contributed by atoms with van der Waals surface area (Å²) in [6.45, 7) is 5.12. The second-order valence-corrected chi connectivity index (χ2v) is 10.1. The Hall–Kier alpha value is -0.860. The third kappa shape index (κ3) is 3.24. The molecule has 20 heavy (non-hydrogen) atoms. The van der Waals surface area contributed by atoms with Gasteiger partial charge in [-0.1, -0.05) is 11.8 Å². The number of hydrogen-bond donors (Lipinski definition) is 1. The molecular formula is C12H17N3O2S3. The molecule has 110 valence electrons. The van der Waals surface area contributed by atoms with Gasteiger partial charge in [-0.2, -0.15) is 0 Å². The quantitative estimate of drug-likeness (QED) is 0.684. The number of anilines is 1. The highest BCUT2D eigenvalue weighted by molar-refractivity contribution is 8.00. The van der Waals surface area contributed by atoms with Crippen LogP contribution < -0.4 is 5.73 Å². The molecule has 8 heteroatoms. The molecule has 0 bridgehead atoms. The van der Waals surface area contributed by atoms with Gasteiger partial charge in [0.1, 0.15) is 10.6 Å². The van der Waals surface area contributed by atoms with Gasteiger partial charge in [-0.3, -0.25) is 0 Å². The fourth-order valence-corrected chi connectivity index (χ4v) is 4.63. The van der Waals surface area contributed by atoms with Gasteiger partial charge < -0.3 is 5.73 Å². The lowest BCUT2D eigenvalue weighted by atomic mass is 10.3. The Bertz CT molecular complexity index is 717. The maximum absolute atomic E-state index is 12.0. The lowest BCUT2D eigenvalue weighted by Gasteiger charge is -2.18. The summed E-state index contributed by atoms with van der Waals surface area (Å²) in [5.74, 6) is 0.973. The van der Waals surface area contributed by atoms with E-state index in [0.29, 0.717) is 16.7 Å². The second kappa shape index (κ2) is 5.50. The van der Waals surface area contributed by atoms with Gasteiger partial charge in [-0.15, -0.1) is 11.3 Å². The van der Waals surface area contributed by atoms with Crippen molar-refractivity contribution in [3.8, 4) is 0 Å². The van der Waals surface area contributed by atoms with Crippen LogP contribution in [0.1, 0.15) is 20.8 Å². The molecule has 2 rings (SSSR count). The molecule has 2 N–H and O–H groups in total. The maximum Gasteiger partial charge on any atom is 0.190 e. The topological polar surface area (TPSA) is 85.9 Å². The van der Waals surface area contributed by atoms with E-state index in [9.17, 15) is 8.42 Å². The molecule has 0 saturated heterocycles. The minimum absolute atomic E-state index is 0.104.